The predicted molar refractivity (Wildman–Crippen MR) is 37.0 cm³/mol. The highest BCUT2D eigenvalue weighted by molar-refractivity contribution is 4.79. The Kier molecular flexibility index (Phi) is 1.44. The number of hydrazine groups is 1. The van der Waals surface area contributed by atoms with Gasteiger partial charge in [-0.1, -0.05) is 6.42 Å². The molecule has 1 unspecified atom stereocenters. The molecule has 1 atom stereocenters. The first-order chi connectivity index (χ1) is 4.47. The Morgan fingerprint density at radius 3 is 3.11 bits per heavy atom. The summed E-state index contributed by atoms with van der Waals surface area (Å²) < 4.78 is 0. The minimum absolute atomic E-state index is 0.888. The van der Waals surface area contributed by atoms with Gasteiger partial charge in [0.15, 0.2) is 0 Å². The molecule has 0 spiro atoms. The number of piperidine rings is 1. The molecule has 0 aromatic carbocycles. The van der Waals surface area contributed by atoms with E-state index in [1.54, 1.807) is 0 Å². The van der Waals surface area contributed by atoms with Gasteiger partial charge in [-0.25, -0.2) is 5.01 Å². The molecule has 2 rings (SSSR count). The molecule has 2 saturated heterocycles. The number of rotatable bonds is 0. The van der Waals surface area contributed by atoms with Gasteiger partial charge in [0.25, 0.3) is 0 Å². The molecule has 0 aliphatic carbocycles. The minimum Gasteiger partial charge on any atom is -0.255 e. The van der Waals surface area contributed by atoms with Gasteiger partial charge in [-0.2, -0.15) is 0 Å². The van der Waals surface area contributed by atoms with Crippen LogP contribution < -0.4 is 5.43 Å². The third-order valence-electron chi connectivity index (χ3n) is 2.42. The van der Waals surface area contributed by atoms with Crippen molar-refractivity contribution in [2.24, 2.45) is 0 Å². The van der Waals surface area contributed by atoms with Gasteiger partial charge in [0.1, 0.15) is 0 Å². The van der Waals surface area contributed by atoms with Crippen molar-refractivity contribution in [2.45, 2.75) is 31.7 Å². The number of nitrogens with one attached hydrogen (secondary N) is 1. The fourth-order valence-electron chi connectivity index (χ4n) is 1.88. The van der Waals surface area contributed by atoms with Crippen molar-refractivity contribution in [3.05, 3.63) is 0 Å². The SMILES string of the molecule is C1CCN2NCCC2C1. The molecular weight excluding hydrogens is 112 g/mol. The van der Waals surface area contributed by atoms with Crippen LogP contribution in [0.2, 0.25) is 0 Å². The molecule has 2 heterocycles. The second-order valence-electron chi connectivity index (χ2n) is 3.04. The number of hydrogen-bond acceptors (Lipinski definition) is 2. The van der Waals surface area contributed by atoms with E-state index in [0.29, 0.717) is 0 Å². The highest BCUT2D eigenvalue weighted by Crippen LogP contribution is 2.20. The zero-order valence-electron chi connectivity index (χ0n) is 5.77. The lowest BCUT2D eigenvalue weighted by atomic mass is 10.0. The summed E-state index contributed by atoms with van der Waals surface area (Å²) in [6.45, 7) is 2.50. The molecule has 0 bridgehead atoms. The van der Waals surface area contributed by atoms with Crippen LogP contribution in [-0.2, 0) is 0 Å². The van der Waals surface area contributed by atoms with E-state index in [4.69, 9.17) is 0 Å². The van der Waals surface area contributed by atoms with Crippen molar-refractivity contribution in [3.8, 4) is 0 Å². The van der Waals surface area contributed by atoms with Gasteiger partial charge in [0.05, 0.1) is 0 Å². The van der Waals surface area contributed by atoms with Gasteiger partial charge in [-0.3, -0.25) is 5.43 Å². The first kappa shape index (κ1) is 5.69. The molecule has 2 heteroatoms. The van der Waals surface area contributed by atoms with Crippen LogP contribution in [0, 0.1) is 0 Å². The van der Waals surface area contributed by atoms with E-state index < -0.39 is 0 Å². The molecule has 0 saturated carbocycles. The van der Waals surface area contributed by atoms with Crippen LogP contribution in [0.25, 0.3) is 0 Å². The molecule has 52 valence electrons. The summed E-state index contributed by atoms with van der Waals surface area (Å²) in [4.78, 5) is 0. The highest BCUT2D eigenvalue weighted by atomic mass is 15.5. The van der Waals surface area contributed by atoms with Crippen LogP contribution in [0.4, 0.5) is 0 Å². The lowest BCUT2D eigenvalue weighted by Gasteiger charge is -2.28. The number of hydrogen-bond donors (Lipinski definition) is 1. The quantitative estimate of drug-likeness (QED) is 0.515. The van der Waals surface area contributed by atoms with Gasteiger partial charge in [0.2, 0.25) is 0 Å². The molecule has 0 radical (unpaired) electrons. The summed E-state index contributed by atoms with van der Waals surface area (Å²) in [6.07, 6.45) is 5.64. The van der Waals surface area contributed by atoms with Gasteiger partial charge in [-0.15, -0.1) is 0 Å². The summed E-state index contributed by atoms with van der Waals surface area (Å²) in [5.41, 5.74) is 3.39. The standard InChI is InChI=1S/C7H14N2/c1-2-6-9-7(3-1)4-5-8-9/h7-8H,1-6H2. The molecular formula is C7H14N2. The monoisotopic (exact) mass is 126 g/mol. The predicted octanol–water partition coefficient (Wildman–Crippen LogP) is 0.749. The maximum Gasteiger partial charge on any atom is 0.0256 e. The van der Waals surface area contributed by atoms with E-state index in [0.717, 1.165) is 6.04 Å². The highest BCUT2D eigenvalue weighted by Gasteiger charge is 2.25. The average molecular weight is 126 g/mol. The zero-order valence-corrected chi connectivity index (χ0v) is 5.77. The van der Waals surface area contributed by atoms with Crippen molar-refractivity contribution >= 4 is 0 Å². The van der Waals surface area contributed by atoms with Crippen LogP contribution in [0.1, 0.15) is 25.7 Å². The van der Waals surface area contributed by atoms with Crippen LogP contribution in [-0.4, -0.2) is 24.1 Å². The van der Waals surface area contributed by atoms with Gasteiger partial charge in [0, 0.05) is 19.1 Å². The zero-order chi connectivity index (χ0) is 6.10. The molecule has 1 N–H and O–H groups in total. The Balaban J connectivity index is 1.97. The third-order valence-corrected chi connectivity index (χ3v) is 2.42. The molecule has 2 nitrogen and oxygen atoms in total. The first-order valence-corrected chi connectivity index (χ1v) is 3.97. The molecule has 0 amide bonds. The van der Waals surface area contributed by atoms with Crippen molar-refractivity contribution in [1.29, 1.82) is 0 Å². The summed E-state index contributed by atoms with van der Waals surface area (Å²) >= 11 is 0. The van der Waals surface area contributed by atoms with E-state index in [-0.39, 0.29) is 0 Å². The van der Waals surface area contributed by atoms with Gasteiger partial charge >= 0.3 is 0 Å². The van der Waals surface area contributed by atoms with Crippen LogP contribution in [0.3, 0.4) is 0 Å². The van der Waals surface area contributed by atoms with E-state index in [1.165, 1.54) is 38.8 Å². The lowest BCUT2D eigenvalue weighted by molar-refractivity contribution is 0.143. The maximum absolute atomic E-state index is 3.39. The van der Waals surface area contributed by atoms with E-state index >= 15 is 0 Å². The summed E-state index contributed by atoms with van der Waals surface area (Å²) in [5.74, 6) is 0. The minimum atomic E-state index is 0.888. The smallest absolute Gasteiger partial charge is 0.0256 e. The number of fused-ring (bicyclic) bond motifs is 1. The maximum atomic E-state index is 3.39. The molecule has 9 heavy (non-hydrogen) atoms. The largest absolute Gasteiger partial charge is 0.255 e. The van der Waals surface area contributed by atoms with Crippen LogP contribution in [0.15, 0.2) is 0 Å². The average Bonchev–Trinajstić information content (AvgIpc) is 2.33. The van der Waals surface area contributed by atoms with E-state index in [9.17, 15) is 0 Å². The Bertz CT molecular complexity index is 91.1. The second-order valence-corrected chi connectivity index (χ2v) is 3.04. The van der Waals surface area contributed by atoms with Crippen molar-refractivity contribution in [1.82, 2.24) is 10.4 Å². The Morgan fingerprint density at radius 1 is 1.22 bits per heavy atom. The molecule has 0 aromatic heterocycles. The fourth-order valence-corrected chi connectivity index (χ4v) is 1.88. The molecule has 0 aromatic rings. The van der Waals surface area contributed by atoms with Crippen LogP contribution in [0.5, 0.6) is 0 Å². The molecule has 2 fully saturated rings. The Labute approximate surface area is 56.2 Å². The van der Waals surface area contributed by atoms with E-state index in [2.05, 4.69) is 10.4 Å². The fraction of sp³-hybridized carbons (Fsp3) is 1.00. The van der Waals surface area contributed by atoms with Gasteiger partial charge < -0.3 is 0 Å². The van der Waals surface area contributed by atoms with E-state index in [1.807, 2.05) is 0 Å². The Morgan fingerprint density at radius 2 is 2.22 bits per heavy atom. The van der Waals surface area contributed by atoms with Crippen molar-refractivity contribution < 1.29 is 0 Å². The third kappa shape index (κ3) is 0.970. The molecule has 2 aliphatic heterocycles. The lowest BCUT2D eigenvalue weighted by Crippen LogP contribution is -2.40. The normalized spacial score (nSPS) is 36.7. The topological polar surface area (TPSA) is 15.3 Å². The Hall–Kier alpha value is -0.0800. The first-order valence-electron chi connectivity index (χ1n) is 3.97. The second kappa shape index (κ2) is 2.27. The number of nitrogens with zero attached hydrogens (tertiary/aromatic N) is 1. The summed E-state index contributed by atoms with van der Waals surface area (Å²) in [5, 5.41) is 2.42. The van der Waals surface area contributed by atoms with Crippen LogP contribution >= 0.6 is 0 Å². The van der Waals surface area contributed by atoms with Gasteiger partial charge in [-0.05, 0) is 19.3 Å². The summed E-state index contributed by atoms with van der Waals surface area (Å²) in [6, 6.07) is 0.888. The summed E-state index contributed by atoms with van der Waals surface area (Å²) in [7, 11) is 0. The van der Waals surface area contributed by atoms with Crippen molar-refractivity contribution in [3.63, 3.8) is 0 Å². The molecule has 2 aliphatic rings. The van der Waals surface area contributed by atoms with Crippen molar-refractivity contribution in [2.75, 3.05) is 13.1 Å².